The molecule has 0 saturated carbocycles. The first-order valence-electron chi connectivity index (χ1n) is 4.95. The highest BCUT2D eigenvalue weighted by Crippen LogP contribution is 2.30. The lowest BCUT2D eigenvalue weighted by Gasteiger charge is -2.16. The molecular weight excluding hydrogens is 192 g/mol. The molecule has 0 bridgehead atoms. The zero-order valence-corrected chi connectivity index (χ0v) is 9.10. The number of aromatic nitrogens is 1. The Labute approximate surface area is 88.9 Å². The van der Waals surface area contributed by atoms with E-state index in [0.717, 1.165) is 11.3 Å². The number of carbonyl (C=O) groups excluding carboxylic acids is 1. The van der Waals surface area contributed by atoms with E-state index in [1.165, 1.54) is 0 Å². The summed E-state index contributed by atoms with van der Waals surface area (Å²) in [7, 11) is 1.75. The van der Waals surface area contributed by atoms with Gasteiger partial charge in [0.25, 0.3) is 0 Å². The Morgan fingerprint density at radius 1 is 1.53 bits per heavy atom. The molecule has 4 nitrogen and oxygen atoms in total. The Morgan fingerprint density at radius 3 is 2.80 bits per heavy atom. The molecule has 80 valence electrons. The van der Waals surface area contributed by atoms with Crippen LogP contribution in [-0.2, 0) is 4.74 Å². The summed E-state index contributed by atoms with van der Waals surface area (Å²) in [5.41, 5.74) is 1.94. The van der Waals surface area contributed by atoms with Crippen molar-refractivity contribution in [3.05, 3.63) is 29.6 Å². The molecule has 15 heavy (non-hydrogen) atoms. The summed E-state index contributed by atoms with van der Waals surface area (Å²) in [5, 5.41) is 0. The second-order valence-electron chi connectivity index (χ2n) is 3.89. The first-order chi connectivity index (χ1) is 7.09. The van der Waals surface area contributed by atoms with Crippen LogP contribution < -0.4 is 0 Å². The van der Waals surface area contributed by atoms with Gasteiger partial charge in [-0.1, -0.05) is 0 Å². The SMILES string of the molecule is Cc1cc([C@H]2OC(=O)N(C)[C@H]2C)ccn1. The van der Waals surface area contributed by atoms with Crippen molar-refractivity contribution in [1.29, 1.82) is 0 Å². The predicted molar refractivity (Wildman–Crippen MR) is 55.4 cm³/mol. The van der Waals surface area contributed by atoms with Crippen LogP contribution in [0.15, 0.2) is 18.3 Å². The van der Waals surface area contributed by atoms with Crippen molar-refractivity contribution in [2.75, 3.05) is 7.05 Å². The van der Waals surface area contributed by atoms with Crippen molar-refractivity contribution in [3.8, 4) is 0 Å². The van der Waals surface area contributed by atoms with Crippen LogP contribution >= 0.6 is 0 Å². The third kappa shape index (κ3) is 1.67. The van der Waals surface area contributed by atoms with Crippen LogP contribution in [0.2, 0.25) is 0 Å². The van der Waals surface area contributed by atoms with Gasteiger partial charge in [0.2, 0.25) is 0 Å². The first-order valence-corrected chi connectivity index (χ1v) is 4.95. The van der Waals surface area contributed by atoms with E-state index in [4.69, 9.17) is 4.74 Å². The molecule has 1 aromatic heterocycles. The largest absolute Gasteiger partial charge is 0.439 e. The maximum Gasteiger partial charge on any atom is 0.410 e. The van der Waals surface area contributed by atoms with Crippen LogP contribution in [-0.4, -0.2) is 29.1 Å². The molecule has 0 aliphatic carbocycles. The molecule has 0 radical (unpaired) electrons. The molecule has 1 fully saturated rings. The average Bonchev–Trinajstić information content (AvgIpc) is 2.46. The van der Waals surface area contributed by atoms with Gasteiger partial charge in [-0.05, 0) is 31.5 Å². The van der Waals surface area contributed by atoms with Gasteiger partial charge < -0.3 is 9.64 Å². The Hall–Kier alpha value is -1.58. The van der Waals surface area contributed by atoms with Crippen molar-refractivity contribution in [1.82, 2.24) is 9.88 Å². The number of aryl methyl sites for hydroxylation is 1. The van der Waals surface area contributed by atoms with E-state index in [1.54, 1.807) is 18.1 Å². The van der Waals surface area contributed by atoms with Gasteiger partial charge in [-0.25, -0.2) is 4.79 Å². The fraction of sp³-hybridized carbons (Fsp3) is 0.455. The maximum atomic E-state index is 11.3. The fourth-order valence-electron chi connectivity index (χ4n) is 1.75. The van der Waals surface area contributed by atoms with Crippen molar-refractivity contribution >= 4 is 6.09 Å². The Bertz CT molecular complexity index is 392. The van der Waals surface area contributed by atoms with Gasteiger partial charge in [-0.15, -0.1) is 0 Å². The predicted octanol–water partition coefficient (Wildman–Crippen LogP) is 1.90. The lowest BCUT2D eigenvalue weighted by molar-refractivity contribution is 0.131. The number of cyclic esters (lactones) is 1. The summed E-state index contributed by atoms with van der Waals surface area (Å²) in [5.74, 6) is 0. The van der Waals surface area contributed by atoms with Crippen LogP contribution in [0.1, 0.15) is 24.3 Å². The number of nitrogens with zero attached hydrogens (tertiary/aromatic N) is 2. The van der Waals surface area contributed by atoms with E-state index in [2.05, 4.69) is 4.98 Å². The molecule has 0 unspecified atom stereocenters. The van der Waals surface area contributed by atoms with Crippen LogP contribution in [0.5, 0.6) is 0 Å². The van der Waals surface area contributed by atoms with Gasteiger partial charge in [-0.2, -0.15) is 0 Å². The van der Waals surface area contributed by atoms with Gasteiger partial charge in [0.1, 0.15) is 6.10 Å². The number of hydrogen-bond acceptors (Lipinski definition) is 3. The molecule has 0 aromatic carbocycles. The normalized spacial score (nSPS) is 25.5. The monoisotopic (exact) mass is 206 g/mol. The van der Waals surface area contributed by atoms with Gasteiger partial charge in [-0.3, -0.25) is 4.98 Å². The summed E-state index contributed by atoms with van der Waals surface area (Å²) < 4.78 is 5.29. The summed E-state index contributed by atoms with van der Waals surface area (Å²) in [6.07, 6.45) is 1.30. The summed E-state index contributed by atoms with van der Waals surface area (Å²) in [4.78, 5) is 17.1. The second kappa shape index (κ2) is 3.53. The van der Waals surface area contributed by atoms with E-state index >= 15 is 0 Å². The number of amides is 1. The number of hydrogen-bond donors (Lipinski definition) is 0. The molecule has 1 aliphatic heterocycles. The minimum absolute atomic E-state index is 0.0688. The van der Waals surface area contributed by atoms with E-state index in [-0.39, 0.29) is 18.2 Å². The zero-order valence-electron chi connectivity index (χ0n) is 9.10. The highest BCUT2D eigenvalue weighted by atomic mass is 16.6. The molecule has 0 spiro atoms. The van der Waals surface area contributed by atoms with E-state index in [0.29, 0.717) is 0 Å². The molecular formula is C11H14N2O2. The molecule has 2 heterocycles. The number of likely N-dealkylation sites (N-methyl/N-ethyl adjacent to an activating group) is 1. The minimum atomic E-state index is -0.262. The van der Waals surface area contributed by atoms with Gasteiger partial charge in [0.05, 0.1) is 6.04 Å². The lowest BCUT2D eigenvalue weighted by Crippen LogP contribution is -2.27. The minimum Gasteiger partial charge on any atom is -0.439 e. The Kier molecular flexibility index (Phi) is 2.34. The van der Waals surface area contributed by atoms with Crippen molar-refractivity contribution in [2.24, 2.45) is 0 Å². The molecule has 2 rings (SSSR count). The topological polar surface area (TPSA) is 42.4 Å². The summed E-state index contributed by atoms with van der Waals surface area (Å²) in [6.45, 7) is 3.90. The summed E-state index contributed by atoms with van der Waals surface area (Å²) >= 11 is 0. The number of rotatable bonds is 1. The number of carbonyl (C=O) groups is 1. The first kappa shape index (κ1) is 9.96. The number of ether oxygens (including phenoxy) is 1. The standard InChI is InChI=1S/C11H14N2O2/c1-7-6-9(4-5-12-7)10-8(2)13(3)11(14)15-10/h4-6,8,10H,1-3H3/t8-,10-/m0/s1. The fourth-order valence-corrected chi connectivity index (χ4v) is 1.75. The van der Waals surface area contributed by atoms with Crippen LogP contribution in [0, 0.1) is 6.92 Å². The molecule has 0 N–H and O–H groups in total. The van der Waals surface area contributed by atoms with Gasteiger partial charge >= 0.3 is 6.09 Å². The molecule has 1 saturated heterocycles. The van der Waals surface area contributed by atoms with Crippen LogP contribution in [0.3, 0.4) is 0 Å². The lowest BCUT2D eigenvalue weighted by atomic mass is 10.0. The smallest absolute Gasteiger partial charge is 0.410 e. The van der Waals surface area contributed by atoms with Crippen molar-refractivity contribution in [2.45, 2.75) is 26.0 Å². The van der Waals surface area contributed by atoms with E-state index in [9.17, 15) is 4.79 Å². The van der Waals surface area contributed by atoms with Crippen LogP contribution in [0.4, 0.5) is 4.79 Å². The van der Waals surface area contributed by atoms with Crippen molar-refractivity contribution < 1.29 is 9.53 Å². The Balaban J connectivity index is 2.29. The third-order valence-electron chi connectivity index (χ3n) is 2.81. The third-order valence-corrected chi connectivity index (χ3v) is 2.81. The van der Waals surface area contributed by atoms with Crippen molar-refractivity contribution in [3.63, 3.8) is 0 Å². The quantitative estimate of drug-likeness (QED) is 0.704. The average molecular weight is 206 g/mol. The summed E-state index contributed by atoms with van der Waals surface area (Å²) in [6, 6.07) is 3.91. The highest BCUT2D eigenvalue weighted by Gasteiger charge is 2.37. The van der Waals surface area contributed by atoms with Gasteiger partial charge in [0.15, 0.2) is 0 Å². The van der Waals surface area contributed by atoms with E-state index < -0.39 is 0 Å². The number of pyridine rings is 1. The molecule has 4 heteroatoms. The molecule has 1 aliphatic rings. The van der Waals surface area contributed by atoms with Crippen LogP contribution in [0.25, 0.3) is 0 Å². The molecule has 1 aromatic rings. The van der Waals surface area contributed by atoms with E-state index in [1.807, 2.05) is 26.0 Å². The molecule has 2 atom stereocenters. The second-order valence-corrected chi connectivity index (χ2v) is 3.89. The Morgan fingerprint density at radius 2 is 2.27 bits per heavy atom. The molecule has 1 amide bonds. The van der Waals surface area contributed by atoms with Gasteiger partial charge in [0, 0.05) is 18.9 Å². The maximum absolute atomic E-state index is 11.3. The zero-order chi connectivity index (χ0) is 11.0. The highest BCUT2D eigenvalue weighted by molar-refractivity contribution is 5.70.